The predicted molar refractivity (Wildman–Crippen MR) is 74.2 cm³/mol. The second kappa shape index (κ2) is 9.25. The van der Waals surface area contributed by atoms with Crippen LogP contribution in [0.3, 0.4) is 0 Å². The van der Waals surface area contributed by atoms with Crippen molar-refractivity contribution in [2.75, 3.05) is 53.1 Å². The van der Waals surface area contributed by atoms with Gasteiger partial charge in [-0.3, -0.25) is 9.69 Å². The van der Waals surface area contributed by atoms with E-state index in [1.54, 1.807) is 7.11 Å². The van der Waals surface area contributed by atoms with E-state index < -0.39 is 0 Å². The van der Waals surface area contributed by atoms with Crippen LogP contribution in [0.15, 0.2) is 0 Å². The number of methoxy groups -OCH3 is 1. The number of nitrogens with zero attached hydrogens (tertiary/aromatic N) is 1. The summed E-state index contributed by atoms with van der Waals surface area (Å²) in [6, 6.07) is 0.343. The van der Waals surface area contributed by atoms with Crippen LogP contribution < -0.4 is 10.6 Å². The van der Waals surface area contributed by atoms with Gasteiger partial charge in [0.2, 0.25) is 5.91 Å². The van der Waals surface area contributed by atoms with E-state index in [9.17, 15) is 4.79 Å². The zero-order valence-electron chi connectivity index (χ0n) is 12.3. The summed E-state index contributed by atoms with van der Waals surface area (Å²) in [6.07, 6.45) is 0. The number of hydrogen-bond donors (Lipinski definition) is 2. The third-order valence-corrected chi connectivity index (χ3v) is 3.07. The van der Waals surface area contributed by atoms with Gasteiger partial charge in [-0.1, -0.05) is 0 Å². The molecule has 0 bridgehead atoms. The molecular formula is C13H27N3O3. The molecule has 1 aliphatic rings. The summed E-state index contributed by atoms with van der Waals surface area (Å²) in [4.78, 5) is 14.0. The molecule has 112 valence electrons. The lowest BCUT2D eigenvalue weighted by atomic mass is 10.3. The highest BCUT2D eigenvalue weighted by molar-refractivity contribution is 5.78. The highest BCUT2D eigenvalue weighted by Gasteiger charge is 2.14. The maximum atomic E-state index is 11.7. The zero-order chi connectivity index (χ0) is 14.1. The Morgan fingerprint density at radius 3 is 2.63 bits per heavy atom. The molecule has 1 rings (SSSR count). The molecule has 0 spiro atoms. The maximum absolute atomic E-state index is 11.7. The van der Waals surface area contributed by atoms with E-state index >= 15 is 0 Å². The molecule has 6 heteroatoms. The van der Waals surface area contributed by atoms with Crippen molar-refractivity contribution in [3.63, 3.8) is 0 Å². The Balaban J connectivity index is 2.11. The molecular weight excluding hydrogens is 246 g/mol. The summed E-state index contributed by atoms with van der Waals surface area (Å²) < 4.78 is 10.3. The number of rotatable bonds is 8. The number of hydrogen-bond acceptors (Lipinski definition) is 5. The monoisotopic (exact) mass is 273 g/mol. The molecule has 6 nitrogen and oxygen atoms in total. The molecule has 1 saturated heterocycles. The molecule has 2 N–H and O–H groups in total. The number of nitrogens with one attached hydrogen (secondary N) is 2. The van der Waals surface area contributed by atoms with Gasteiger partial charge < -0.3 is 20.1 Å². The summed E-state index contributed by atoms with van der Waals surface area (Å²) >= 11 is 0. The van der Waals surface area contributed by atoms with E-state index in [1.807, 2.05) is 6.92 Å². The fraction of sp³-hybridized carbons (Fsp3) is 0.923. The molecule has 0 aliphatic carbocycles. The van der Waals surface area contributed by atoms with E-state index in [-0.39, 0.29) is 11.9 Å². The fourth-order valence-electron chi connectivity index (χ4n) is 2.12. The summed E-state index contributed by atoms with van der Waals surface area (Å²) in [5.41, 5.74) is 0. The third kappa shape index (κ3) is 7.47. The molecule has 2 unspecified atom stereocenters. The standard InChI is InChI=1S/C13H27N3O3/c1-11(9-16-4-6-19-7-5-16)14-8-13(17)15-12(2)10-18-3/h11-12,14H,4-10H2,1-3H3,(H,15,17). The van der Waals surface area contributed by atoms with Crippen LogP contribution in [0.2, 0.25) is 0 Å². The van der Waals surface area contributed by atoms with E-state index in [0.717, 1.165) is 32.8 Å². The molecule has 1 fully saturated rings. The van der Waals surface area contributed by atoms with Crippen LogP contribution in [-0.2, 0) is 14.3 Å². The minimum atomic E-state index is 0.0124. The zero-order valence-corrected chi connectivity index (χ0v) is 12.3. The number of carbonyl (C=O) groups is 1. The van der Waals surface area contributed by atoms with Crippen LogP contribution in [0.4, 0.5) is 0 Å². The molecule has 19 heavy (non-hydrogen) atoms. The maximum Gasteiger partial charge on any atom is 0.234 e. The van der Waals surface area contributed by atoms with Crippen molar-refractivity contribution >= 4 is 5.91 Å². The predicted octanol–water partition coefficient (Wildman–Crippen LogP) is -0.552. The Bertz CT molecular complexity index is 258. The number of morpholine rings is 1. The van der Waals surface area contributed by atoms with Gasteiger partial charge in [0.1, 0.15) is 0 Å². The van der Waals surface area contributed by atoms with E-state index in [2.05, 4.69) is 22.5 Å². The van der Waals surface area contributed by atoms with Crippen LogP contribution >= 0.6 is 0 Å². The van der Waals surface area contributed by atoms with Crippen LogP contribution in [0.1, 0.15) is 13.8 Å². The minimum absolute atomic E-state index is 0.0124. The first-order valence-electron chi connectivity index (χ1n) is 6.93. The minimum Gasteiger partial charge on any atom is -0.383 e. The highest BCUT2D eigenvalue weighted by Crippen LogP contribution is 1.98. The summed E-state index contributed by atoms with van der Waals surface area (Å²) in [5, 5.41) is 6.12. The fourth-order valence-corrected chi connectivity index (χ4v) is 2.12. The Hall–Kier alpha value is -0.690. The van der Waals surface area contributed by atoms with Gasteiger partial charge >= 0.3 is 0 Å². The summed E-state index contributed by atoms with van der Waals surface area (Å²) in [5.74, 6) is 0.0124. The van der Waals surface area contributed by atoms with Gasteiger partial charge in [0.05, 0.1) is 26.4 Å². The van der Waals surface area contributed by atoms with Gasteiger partial charge in [-0.15, -0.1) is 0 Å². The average molecular weight is 273 g/mol. The SMILES string of the molecule is COCC(C)NC(=O)CNC(C)CN1CCOCC1. The van der Waals surface area contributed by atoms with Crippen molar-refractivity contribution < 1.29 is 14.3 Å². The first kappa shape index (κ1) is 16.4. The van der Waals surface area contributed by atoms with Crippen LogP contribution in [0.25, 0.3) is 0 Å². The van der Waals surface area contributed by atoms with Gasteiger partial charge in [0.15, 0.2) is 0 Å². The Kier molecular flexibility index (Phi) is 7.97. The lowest BCUT2D eigenvalue weighted by molar-refractivity contribution is -0.121. The molecule has 1 heterocycles. The Labute approximate surface area is 115 Å². The van der Waals surface area contributed by atoms with E-state index in [4.69, 9.17) is 9.47 Å². The molecule has 0 aromatic heterocycles. The molecule has 1 amide bonds. The van der Waals surface area contributed by atoms with Crippen molar-refractivity contribution in [2.45, 2.75) is 25.9 Å². The summed E-state index contributed by atoms with van der Waals surface area (Å²) in [7, 11) is 1.63. The van der Waals surface area contributed by atoms with E-state index in [0.29, 0.717) is 19.2 Å². The normalized spacial score (nSPS) is 19.9. The first-order chi connectivity index (χ1) is 9.11. The average Bonchev–Trinajstić information content (AvgIpc) is 2.38. The van der Waals surface area contributed by atoms with E-state index in [1.165, 1.54) is 0 Å². The van der Waals surface area contributed by atoms with Crippen molar-refractivity contribution in [1.82, 2.24) is 15.5 Å². The van der Waals surface area contributed by atoms with Gasteiger partial charge in [-0.2, -0.15) is 0 Å². The second-order valence-corrected chi connectivity index (χ2v) is 5.12. The smallest absolute Gasteiger partial charge is 0.234 e. The molecule has 1 aliphatic heterocycles. The second-order valence-electron chi connectivity index (χ2n) is 5.12. The Morgan fingerprint density at radius 2 is 2.00 bits per heavy atom. The Morgan fingerprint density at radius 1 is 1.32 bits per heavy atom. The first-order valence-corrected chi connectivity index (χ1v) is 6.93. The van der Waals surface area contributed by atoms with Gasteiger partial charge in [-0.05, 0) is 13.8 Å². The molecule has 2 atom stereocenters. The van der Waals surface area contributed by atoms with Crippen LogP contribution in [-0.4, -0.2) is 76.0 Å². The molecule has 0 aromatic carbocycles. The lowest BCUT2D eigenvalue weighted by Crippen LogP contribution is -2.48. The third-order valence-electron chi connectivity index (χ3n) is 3.07. The van der Waals surface area contributed by atoms with Gasteiger partial charge in [0.25, 0.3) is 0 Å². The highest BCUT2D eigenvalue weighted by atomic mass is 16.5. The topological polar surface area (TPSA) is 62.8 Å². The van der Waals surface area contributed by atoms with Crippen LogP contribution in [0, 0.1) is 0 Å². The molecule has 0 radical (unpaired) electrons. The van der Waals surface area contributed by atoms with Gasteiger partial charge in [0, 0.05) is 38.8 Å². The van der Waals surface area contributed by atoms with Crippen molar-refractivity contribution in [2.24, 2.45) is 0 Å². The van der Waals surface area contributed by atoms with Crippen molar-refractivity contribution in [1.29, 1.82) is 0 Å². The molecule has 0 aromatic rings. The number of ether oxygens (including phenoxy) is 2. The number of amides is 1. The lowest BCUT2D eigenvalue weighted by Gasteiger charge is -2.29. The van der Waals surface area contributed by atoms with Gasteiger partial charge in [-0.25, -0.2) is 0 Å². The number of carbonyl (C=O) groups excluding carboxylic acids is 1. The van der Waals surface area contributed by atoms with Crippen molar-refractivity contribution in [3.8, 4) is 0 Å². The van der Waals surface area contributed by atoms with Crippen molar-refractivity contribution in [3.05, 3.63) is 0 Å². The van der Waals surface area contributed by atoms with Crippen LogP contribution in [0.5, 0.6) is 0 Å². The summed E-state index contributed by atoms with van der Waals surface area (Å²) in [6.45, 7) is 9.43. The molecule has 0 saturated carbocycles. The quantitative estimate of drug-likeness (QED) is 0.621. The largest absolute Gasteiger partial charge is 0.383 e.